The summed E-state index contributed by atoms with van der Waals surface area (Å²) in [5, 5.41) is 2.91. The maximum absolute atomic E-state index is 12.2. The molecule has 2 aliphatic heterocycles. The lowest BCUT2D eigenvalue weighted by molar-refractivity contribution is -0.129. The summed E-state index contributed by atoms with van der Waals surface area (Å²) in [7, 11) is 1.34. The van der Waals surface area contributed by atoms with E-state index in [1.807, 2.05) is 42.5 Å². The number of halogens is 1. The molecule has 2 aromatic carbocycles. The van der Waals surface area contributed by atoms with E-state index in [-0.39, 0.29) is 5.57 Å². The van der Waals surface area contributed by atoms with Crippen molar-refractivity contribution in [1.29, 1.82) is 0 Å². The van der Waals surface area contributed by atoms with Gasteiger partial charge in [-0.25, -0.2) is 4.79 Å². The van der Waals surface area contributed by atoms with Gasteiger partial charge >= 0.3 is 6.03 Å². The normalized spacial score (nSPS) is 17.9. The van der Waals surface area contributed by atoms with Crippen molar-refractivity contribution in [2.24, 2.45) is 0 Å². The van der Waals surface area contributed by atoms with Gasteiger partial charge in [-0.1, -0.05) is 35.9 Å². The Kier molecular flexibility index (Phi) is 4.65. The van der Waals surface area contributed by atoms with Crippen LogP contribution in [0.1, 0.15) is 16.7 Å². The number of fused-ring (bicyclic) bond motifs is 1. The lowest BCUT2D eigenvalue weighted by Crippen LogP contribution is -2.52. The Labute approximate surface area is 167 Å². The molecule has 2 heterocycles. The maximum Gasteiger partial charge on any atom is 0.331 e. The van der Waals surface area contributed by atoms with E-state index < -0.39 is 17.8 Å². The molecule has 4 rings (SSSR count). The second kappa shape index (κ2) is 7.13. The fraction of sp³-hybridized carbons (Fsp3) is 0.190. The first-order chi connectivity index (χ1) is 13.4. The van der Waals surface area contributed by atoms with Gasteiger partial charge in [0.05, 0.1) is 0 Å². The minimum atomic E-state index is -0.712. The first kappa shape index (κ1) is 18.3. The van der Waals surface area contributed by atoms with Crippen molar-refractivity contribution in [3.63, 3.8) is 0 Å². The molecule has 1 N–H and O–H groups in total. The summed E-state index contributed by atoms with van der Waals surface area (Å²) >= 11 is 6.28. The van der Waals surface area contributed by atoms with Gasteiger partial charge in [0, 0.05) is 30.8 Å². The monoisotopic (exact) mass is 395 g/mol. The van der Waals surface area contributed by atoms with Gasteiger partial charge in [0.1, 0.15) is 5.57 Å². The number of likely N-dealkylation sites (N-methyl/N-ethyl adjacent to an activating group) is 1. The van der Waals surface area contributed by atoms with Crippen LogP contribution in [0.3, 0.4) is 0 Å². The van der Waals surface area contributed by atoms with Crippen LogP contribution < -0.4 is 10.2 Å². The fourth-order valence-electron chi connectivity index (χ4n) is 3.49. The van der Waals surface area contributed by atoms with Gasteiger partial charge in [-0.2, -0.15) is 0 Å². The first-order valence-corrected chi connectivity index (χ1v) is 9.28. The quantitative estimate of drug-likeness (QED) is 0.640. The third-order valence-electron chi connectivity index (χ3n) is 5.03. The summed E-state index contributed by atoms with van der Waals surface area (Å²) in [6.07, 6.45) is 2.40. The predicted molar refractivity (Wildman–Crippen MR) is 107 cm³/mol. The van der Waals surface area contributed by atoms with Crippen molar-refractivity contribution in [2.75, 3.05) is 18.5 Å². The van der Waals surface area contributed by atoms with Gasteiger partial charge in [-0.3, -0.25) is 19.8 Å². The average Bonchev–Trinajstić information content (AvgIpc) is 3.07. The third kappa shape index (κ3) is 3.27. The average molecular weight is 396 g/mol. The molecule has 2 aromatic rings. The van der Waals surface area contributed by atoms with Crippen LogP contribution in [0.5, 0.6) is 0 Å². The molecule has 28 heavy (non-hydrogen) atoms. The zero-order chi connectivity index (χ0) is 19.8. The van der Waals surface area contributed by atoms with Crippen LogP contribution in [0.4, 0.5) is 10.5 Å². The number of urea groups is 1. The Balaban J connectivity index is 1.59. The van der Waals surface area contributed by atoms with Crippen LogP contribution in [0.25, 0.3) is 6.08 Å². The van der Waals surface area contributed by atoms with E-state index in [9.17, 15) is 14.4 Å². The highest BCUT2D eigenvalue weighted by Crippen LogP contribution is 2.32. The number of imide groups is 2. The first-order valence-electron chi connectivity index (χ1n) is 8.90. The summed E-state index contributed by atoms with van der Waals surface area (Å²) < 4.78 is 0. The molecule has 0 radical (unpaired) electrons. The molecular weight excluding hydrogens is 378 g/mol. The van der Waals surface area contributed by atoms with Crippen LogP contribution in [-0.2, 0) is 22.6 Å². The van der Waals surface area contributed by atoms with Gasteiger partial charge in [-0.15, -0.1) is 0 Å². The molecule has 7 heteroatoms. The minimum Gasteiger partial charge on any atom is -0.367 e. The molecule has 0 aromatic heterocycles. The zero-order valence-corrected chi connectivity index (χ0v) is 16.0. The van der Waals surface area contributed by atoms with Gasteiger partial charge in [-0.05, 0) is 47.4 Å². The van der Waals surface area contributed by atoms with E-state index in [0.717, 1.165) is 51.8 Å². The number of barbiturate groups is 1. The molecule has 2 aliphatic rings. The molecule has 1 saturated heterocycles. The van der Waals surface area contributed by atoms with Crippen molar-refractivity contribution >= 4 is 41.2 Å². The van der Waals surface area contributed by atoms with E-state index in [4.69, 9.17) is 11.6 Å². The number of benzene rings is 2. The van der Waals surface area contributed by atoms with Gasteiger partial charge in [0.2, 0.25) is 0 Å². The lowest BCUT2D eigenvalue weighted by Gasteiger charge is -2.22. The molecule has 4 amide bonds. The Morgan fingerprint density at radius 1 is 1.14 bits per heavy atom. The van der Waals surface area contributed by atoms with E-state index in [0.29, 0.717) is 0 Å². The summed E-state index contributed by atoms with van der Waals surface area (Å²) in [6.45, 7) is 1.60. The second-order valence-corrected chi connectivity index (χ2v) is 7.24. The molecule has 6 nitrogen and oxygen atoms in total. The number of amides is 4. The molecule has 0 spiro atoms. The van der Waals surface area contributed by atoms with E-state index in [1.165, 1.54) is 13.1 Å². The van der Waals surface area contributed by atoms with Crippen molar-refractivity contribution in [2.45, 2.75) is 13.0 Å². The van der Waals surface area contributed by atoms with Gasteiger partial charge in [0.15, 0.2) is 0 Å². The van der Waals surface area contributed by atoms with Crippen LogP contribution in [0, 0.1) is 0 Å². The topological polar surface area (TPSA) is 69.7 Å². The summed E-state index contributed by atoms with van der Waals surface area (Å²) in [5.41, 5.74) is 4.04. The highest BCUT2D eigenvalue weighted by Gasteiger charge is 2.33. The number of nitrogens with zero attached hydrogens (tertiary/aromatic N) is 2. The second-order valence-electron chi connectivity index (χ2n) is 6.83. The van der Waals surface area contributed by atoms with Crippen molar-refractivity contribution in [3.05, 3.63) is 69.8 Å². The molecular formula is C21H18ClN3O3. The van der Waals surface area contributed by atoms with Gasteiger partial charge < -0.3 is 4.90 Å². The molecule has 0 bridgehead atoms. The van der Waals surface area contributed by atoms with E-state index >= 15 is 0 Å². The van der Waals surface area contributed by atoms with Crippen LogP contribution >= 0.6 is 11.6 Å². The van der Waals surface area contributed by atoms with Crippen molar-refractivity contribution in [1.82, 2.24) is 10.2 Å². The Morgan fingerprint density at radius 2 is 1.93 bits per heavy atom. The maximum atomic E-state index is 12.2. The Hall–Kier alpha value is -3.12. The number of carbonyl (C=O) groups excluding carboxylic acids is 3. The summed E-state index contributed by atoms with van der Waals surface area (Å²) in [5.74, 6) is -1.27. The summed E-state index contributed by atoms with van der Waals surface area (Å²) in [4.78, 5) is 38.9. The van der Waals surface area contributed by atoms with Crippen LogP contribution in [-0.4, -0.2) is 36.3 Å². The minimum absolute atomic E-state index is 0.0482. The third-order valence-corrected chi connectivity index (χ3v) is 5.40. The number of rotatable bonds is 3. The van der Waals surface area contributed by atoms with Crippen molar-refractivity contribution < 1.29 is 14.4 Å². The predicted octanol–water partition coefficient (Wildman–Crippen LogP) is 2.99. The molecule has 0 saturated carbocycles. The largest absolute Gasteiger partial charge is 0.367 e. The van der Waals surface area contributed by atoms with E-state index in [1.54, 1.807) is 0 Å². The molecule has 142 valence electrons. The molecule has 0 unspecified atom stereocenters. The standard InChI is InChI=1S/C21H18ClN3O3/c1-24-20(27)16(19(26)23-21(24)28)11-13-6-7-18-14(10-13)8-9-25(18)12-15-4-2-3-5-17(15)22/h2-7,10-11H,8-9,12H2,1H3,(H,23,26,28). The van der Waals surface area contributed by atoms with Crippen LogP contribution in [0.2, 0.25) is 5.02 Å². The van der Waals surface area contributed by atoms with Crippen LogP contribution in [0.15, 0.2) is 48.0 Å². The Morgan fingerprint density at radius 3 is 2.71 bits per heavy atom. The molecule has 0 atom stereocenters. The number of anilines is 1. The molecule has 1 fully saturated rings. The highest BCUT2D eigenvalue weighted by molar-refractivity contribution is 6.31. The van der Waals surface area contributed by atoms with E-state index in [2.05, 4.69) is 10.2 Å². The lowest BCUT2D eigenvalue weighted by atomic mass is 10.0. The zero-order valence-electron chi connectivity index (χ0n) is 15.2. The number of hydrogen-bond donors (Lipinski definition) is 1. The summed E-state index contributed by atoms with van der Waals surface area (Å²) in [6, 6.07) is 12.9. The number of nitrogens with one attached hydrogen (secondary N) is 1. The highest BCUT2D eigenvalue weighted by atomic mass is 35.5. The Bertz CT molecular complexity index is 1030. The van der Waals surface area contributed by atoms with Crippen molar-refractivity contribution in [3.8, 4) is 0 Å². The number of hydrogen-bond acceptors (Lipinski definition) is 4. The van der Waals surface area contributed by atoms with Gasteiger partial charge in [0.25, 0.3) is 11.8 Å². The number of carbonyl (C=O) groups is 3. The molecule has 0 aliphatic carbocycles. The smallest absolute Gasteiger partial charge is 0.331 e. The fourth-order valence-corrected chi connectivity index (χ4v) is 3.68. The SMILES string of the molecule is CN1C(=O)NC(=O)C(=Cc2ccc3c(c2)CCN3Cc2ccccc2Cl)C1=O.